The third kappa shape index (κ3) is 4.47. The number of rotatable bonds is 7. The van der Waals surface area contributed by atoms with Gasteiger partial charge in [-0.3, -0.25) is 4.79 Å². The second kappa shape index (κ2) is 9.29. The number of fused-ring (bicyclic) bond motifs is 1. The molecule has 0 saturated heterocycles. The number of nitrogens with zero attached hydrogens (tertiary/aromatic N) is 1. The molecule has 1 aromatic heterocycles. The van der Waals surface area contributed by atoms with Crippen LogP contribution in [0.25, 0.3) is 10.9 Å². The molecule has 0 fully saturated rings. The van der Waals surface area contributed by atoms with Crippen LogP contribution in [0.2, 0.25) is 5.02 Å². The molecule has 0 saturated carbocycles. The van der Waals surface area contributed by atoms with Crippen molar-refractivity contribution >= 4 is 32.3 Å². The number of ether oxygens (including phenoxy) is 2. The molecule has 0 atom stereocenters. The smallest absolute Gasteiger partial charge is 0.211 e. The van der Waals surface area contributed by atoms with Crippen LogP contribution < -0.4 is 14.9 Å². The molecule has 1 heterocycles. The Morgan fingerprint density at radius 2 is 1.67 bits per heavy atom. The molecule has 0 bridgehead atoms. The molecule has 0 radical (unpaired) electrons. The van der Waals surface area contributed by atoms with Crippen molar-refractivity contribution < 1.29 is 17.9 Å². The zero-order valence-electron chi connectivity index (χ0n) is 18.1. The van der Waals surface area contributed by atoms with Crippen LogP contribution in [0.15, 0.2) is 87.5 Å². The Balaban J connectivity index is 1.93. The molecular formula is C25H22ClNO5S. The van der Waals surface area contributed by atoms with Crippen LogP contribution in [0, 0.1) is 0 Å². The number of hydrogen-bond donors (Lipinski definition) is 0. The molecule has 0 aliphatic heterocycles. The number of hydrogen-bond acceptors (Lipinski definition) is 5. The van der Waals surface area contributed by atoms with Gasteiger partial charge in [0.25, 0.3) is 0 Å². The summed E-state index contributed by atoms with van der Waals surface area (Å²) >= 11 is 6.35. The molecule has 6 nitrogen and oxygen atoms in total. The van der Waals surface area contributed by atoms with Gasteiger partial charge in [-0.15, -0.1) is 0 Å². The van der Waals surface area contributed by atoms with Crippen molar-refractivity contribution in [1.82, 2.24) is 4.57 Å². The number of methoxy groups -OCH3 is 1. The van der Waals surface area contributed by atoms with E-state index < -0.39 is 15.3 Å². The van der Waals surface area contributed by atoms with E-state index in [1.54, 1.807) is 41.0 Å². The molecule has 0 spiro atoms. The highest BCUT2D eigenvalue weighted by molar-refractivity contribution is 7.91. The Morgan fingerprint density at radius 1 is 0.970 bits per heavy atom. The van der Waals surface area contributed by atoms with Crippen LogP contribution in [-0.4, -0.2) is 26.7 Å². The maximum Gasteiger partial charge on any atom is 0.211 e. The van der Waals surface area contributed by atoms with E-state index in [1.165, 1.54) is 25.4 Å². The second-order valence-corrected chi connectivity index (χ2v) is 9.66. The summed E-state index contributed by atoms with van der Waals surface area (Å²) in [6.45, 7) is 2.59. The zero-order valence-corrected chi connectivity index (χ0v) is 19.7. The molecule has 0 amide bonds. The molecule has 3 aromatic carbocycles. The van der Waals surface area contributed by atoms with Gasteiger partial charge in [0.15, 0.2) is 0 Å². The van der Waals surface area contributed by atoms with E-state index >= 15 is 0 Å². The van der Waals surface area contributed by atoms with Gasteiger partial charge in [0, 0.05) is 17.8 Å². The Kier molecular flexibility index (Phi) is 6.44. The van der Waals surface area contributed by atoms with Crippen molar-refractivity contribution in [1.29, 1.82) is 0 Å². The monoisotopic (exact) mass is 483 g/mol. The fraction of sp³-hybridized carbons (Fsp3) is 0.160. The Hall–Kier alpha value is -3.29. The van der Waals surface area contributed by atoms with Crippen LogP contribution in [-0.2, 0) is 16.4 Å². The van der Waals surface area contributed by atoms with Gasteiger partial charge < -0.3 is 14.0 Å². The van der Waals surface area contributed by atoms with Crippen LogP contribution in [0.1, 0.15) is 12.5 Å². The highest BCUT2D eigenvalue weighted by atomic mass is 35.5. The molecule has 0 aliphatic carbocycles. The van der Waals surface area contributed by atoms with Gasteiger partial charge in [-0.2, -0.15) is 0 Å². The van der Waals surface area contributed by atoms with Gasteiger partial charge in [-0.05, 0) is 61.0 Å². The lowest BCUT2D eigenvalue weighted by Gasteiger charge is -2.15. The van der Waals surface area contributed by atoms with E-state index in [0.717, 1.165) is 5.56 Å². The average molecular weight is 484 g/mol. The molecular weight excluding hydrogens is 462 g/mol. The summed E-state index contributed by atoms with van der Waals surface area (Å²) in [6.07, 6.45) is 1.38. The zero-order chi connectivity index (χ0) is 23.6. The number of pyridine rings is 1. The Bertz CT molecular complexity index is 1480. The van der Waals surface area contributed by atoms with Crippen LogP contribution >= 0.6 is 11.6 Å². The second-order valence-electron chi connectivity index (χ2n) is 7.33. The van der Waals surface area contributed by atoms with Gasteiger partial charge in [0.1, 0.15) is 16.4 Å². The minimum atomic E-state index is -4.10. The van der Waals surface area contributed by atoms with Crippen LogP contribution in [0.3, 0.4) is 0 Å². The Morgan fingerprint density at radius 3 is 2.33 bits per heavy atom. The maximum absolute atomic E-state index is 13.5. The standard InChI is InChI=1S/C25H22ClNO5S/c1-3-32-18-8-11-20(12-9-18)33(29,30)24-16-27(15-17-6-4-5-7-22(17)26)23-13-10-19(31-2)14-21(23)25(24)28/h4-14,16H,3,15H2,1-2H3. The van der Waals surface area contributed by atoms with E-state index in [4.69, 9.17) is 21.1 Å². The molecule has 4 rings (SSSR count). The van der Waals surface area contributed by atoms with E-state index in [-0.39, 0.29) is 21.7 Å². The first-order valence-corrected chi connectivity index (χ1v) is 12.1. The SMILES string of the molecule is CCOc1ccc(S(=O)(=O)c2cn(Cc3ccccc3Cl)c3ccc(OC)cc3c2=O)cc1. The predicted molar refractivity (Wildman–Crippen MR) is 128 cm³/mol. The number of halogens is 1. The molecule has 0 aliphatic rings. The molecule has 4 aromatic rings. The Labute approximate surface area is 196 Å². The number of benzene rings is 3. The predicted octanol–water partition coefficient (Wildman–Crippen LogP) is 4.94. The van der Waals surface area contributed by atoms with Gasteiger partial charge in [0.2, 0.25) is 15.3 Å². The topological polar surface area (TPSA) is 74.6 Å². The van der Waals surface area contributed by atoms with Crippen LogP contribution in [0.4, 0.5) is 0 Å². The largest absolute Gasteiger partial charge is 0.497 e. The molecule has 33 heavy (non-hydrogen) atoms. The fourth-order valence-electron chi connectivity index (χ4n) is 3.62. The van der Waals surface area contributed by atoms with Crippen molar-refractivity contribution in [2.45, 2.75) is 23.3 Å². The van der Waals surface area contributed by atoms with Crippen LogP contribution in [0.5, 0.6) is 11.5 Å². The summed E-state index contributed by atoms with van der Waals surface area (Å²) in [5.74, 6) is 1.01. The van der Waals surface area contributed by atoms with E-state index in [9.17, 15) is 13.2 Å². The van der Waals surface area contributed by atoms with E-state index in [1.807, 2.05) is 25.1 Å². The molecule has 170 valence electrons. The molecule has 8 heteroatoms. The van der Waals surface area contributed by atoms with E-state index in [0.29, 0.717) is 28.6 Å². The lowest BCUT2D eigenvalue weighted by Crippen LogP contribution is -2.20. The molecule has 0 unspecified atom stereocenters. The normalized spacial score (nSPS) is 11.5. The number of aromatic nitrogens is 1. The maximum atomic E-state index is 13.5. The fourth-order valence-corrected chi connectivity index (χ4v) is 5.18. The average Bonchev–Trinajstić information content (AvgIpc) is 2.82. The quantitative estimate of drug-likeness (QED) is 0.372. The summed E-state index contributed by atoms with van der Waals surface area (Å²) in [5.41, 5.74) is 0.781. The highest BCUT2D eigenvalue weighted by Crippen LogP contribution is 2.26. The van der Waals surface area contributed by atoms with Gasteiger partial charge in [-0.25, -0.2) is 8.42 Å². The summed E-state index contributed by atoms with van der Waals surface area (Å²) in [4.78, 5) is 13.0. The first-order chi connectivity index (χ1) is 15.8. The van der Waals surface area contributed by atoms with Gasteiger partial charge in [0.05, 0.1) is 29.5 Å². The van der Waals surface area contributed by atoms with Crippen molar-refractivity contribution in [2.24, 2.45) is 0 Å². The summed E-state index contributed by atoms with van der Waals surface area (Å²) in [5, 5.41) is 0.794. The van der Waals surface area contributed by atoms with Crippen molar-refractivity contribution in [3.05, 3.63) is 93.7 Å². The summed E-state index contributed by atoms with van der Waals surface area (Å²) in [7, 11) is -2.61. The van der Waals surface area contributed by atoms with E-state index in [2.05, 4.69) is 0 Å². The van der Waals surface area contributed by atoms with Crippen molar-refractivity contribution in [3.63, 3.8) is 0 Å². The van der Waals surface area contributed by atoms with Crippen molar-refractivity contribution in [2.75, 3.05) is 13.7 Å². The van der Waals surface area contributed by atoms with Crippen molar-refractivity contribution in [3.8, 4) is 11.5 Å². The lowest BCUT2D eigenvalue weighted by molar-refractivity contribution is 0.340. The lowest BCUT2D eigenvalue weighted by atomic mass is 10.1. The summed E-state index contributed by atoms with van der Waals surface area (Å²) in [6, 6.07) is 18.3. The number of sulfone groups is 1. The summed E-state index contributed by atoms with van der Waals surface area (Å²) < 4.78 is 39.3. The minimum absolute atomic E-state index is 0.00888. The molecule has 0 N–H and O–H groups in total. The van der Waals surface area contributed by atoms with Gasteiger partial charge in [-0.1, -0.05) is 29.8 Å². The highest BCUT2D eigenvalue weighted by Gasteiger charge is 2.24. The first kappa shape index (κ1) is 22.9. The minimum Gasteiger partial charge on any atom is -0.497 e. The van der Waals surface area contributed by atoms with Gasteiger partial charge >= 0.3 is 0 Å². The third-order valence-corrected chi connectivity index (χ3v) is 7.42. The third-order valence-electron chi connectivity index (χ3n) is 5.29. The first-order valence-electron chi connectivity index (χ1n) is 10.3.